The van der Waals surface area contributed by atoms with E-state index < -0.39 is 0 Å². The molecule has 1 amide bonds. The third-order valence-electron chi connectivity index (χ3n) is 2.58. The molecule has 1 saturated heterocycles. The van der Waals surface area contributed by atoms with Crippen molar-refractivity contribution in [1.82, 2.24) is 4.90 Å². The molecule has 2 rings (SSSR count). The van der Waals surface area contributed by atoms with Gasteiger partial charge in [0.15, 0.2) is 0 Å². The van der Waals surface area contributed by atoms with E-state index in [2.05, 4.69) is 31.9 Å². The number of alkyl halides is 1. The van der Waals surface area contributed by atoms with Crippen LogP contribution in [-0.4, -0.2) is 28.7 Å². The van der Waals surface area contributed by atoms with Crippen molar-refractivity contribution in [2.45, 2.75) is 11.2 Å². The summed E-state index contributed by atoms with van der Waals surface area (Å²) in [6.45, 7) is 1.46. The van der Waals surface area contributed by atoms with Gasteiger partial charge in [0.25, 0.3) is 5.91 Å². The molecule has 0 spiro atoms. The van der Waals surface area contributed by atoms with Crippen molar-refractivity contribution in [3.63, 3.8) is 0 Å². The SMILES string of the molecule is O=C(c1ccc(F)cc1Br)N1CCC(Br)C1. The fourth-order valence-electron chi connectivity index (χ4n) is 1.74. The van der Waals surface area contributed by atoms with Crippen molar-refractivity contribution < 1.29 is 9.18 Å². The standard InChI is InChI=1S/C11H10Br2FNO/c12-7-3-4-15(6-7)11(16)9-2-1-8(14)5-10(9)13/h1-2,5,7H,3-4,6H2. The highest BCUT2D eigenvalue weighted by molar-refractivity contribution is 9.10. The maximum Gasteiger partial charge on any atom is 0.255 e. The zero-order valence-electron chi connectivity index (χ0n) is 8.42. The second-order valence-electron chi connectivity index (χ2n) is 3.76. The molecule has 1 heterocycles. The molecule has 0 radical (unpaired) electrons. The topological polar surface area (TPSA) is 20.3 Å². The predicted octanol–water partition coefficient (Wildman–Crippen LogP) is 3.20. The van der Waals surface area contributed by atoms with Gasteiger partial charge in [-0.1, -0.05) is 15.9 Å². The van der Waals surface area contributed by atoms with Crippen LogP contribution in [0.4, 0.5) is 4.39 Å². The van der Waals surface area contributed by atoms with Gasteiger partial charge in [0.1, 0.15) is 5.82 Å². The van der Waals surface area contributed by atoms with E-state index in [4.69, 9.17) is 0 Å². The van der Waals surface area contributed by atoms with Crippen molar-refractivity contribution in [1.29, 1.82) is 0 Å². The second-order valence-corrected chi connectivity index (χ2v) is 5.91. The summed E-state index contributed by atoms with van der Waals surface area (Å²) in [6.07, 6.45) is 0.963. The predicted molar refractivity (Wildman–Crippen MR) is 67.3 cm³/mol. The van der Waals surface area contributed by atoms with Gasteiger partial charge in [0.2, 0.25) is 0 Å². The molecule has 16 heavy (non-hydrogen) atoms. The van der Waals surface area contributed by atoms with Gasteiger partial charge < -0.3 is 4.90 Å². The summed E-state index contributed by atoms with van der Waals surface area (Å²) in [7, 11) is 0. The van der Waals surface area contributed by atoms with E-state index in [0.717, 1.165) is 13.0 Å². The minimum atomic E-state index is -0.344. The van der Waals surface area contributed by atoms with Crippen molar-refractivity contribution in [3.8, 4) is 0 Å². The molecular weight excluding hydrogens is 341 g/mol. The van der Waals surface area contributed by atoms with Gasteiger partial charge in [-0.3, -0.25) is 4.79 Å². The average Bonchev–Trinajstić information content (AvgIpc) is 2.64. The van der Waals surface area contributed by atoms with Crippen LogP contribution in [0.1, 0.15) is 16.8 Å². The van der Waals surface area contributed by atoms with Crippen molar-refractivity contribution in [2.75, 3.05) is 13.1 Å². The van der Waals surface area contributed by atoms with E-state index >= 15 is 0 Å². The van der Waals surface area contributed by atoms with Gasteiger partial charge in [0, 0.05) is 22.4 Å². The van der Waals surface area contributed by atoms with E-state index in [0.29, 0.717) is 21.4 Å². The largest absolute Gasteiger partial charge is 0.337 e. The Morgan fingerprint density at radius 2 is 2.25 bits per heavy atom. The molecule has 1 aromatic rings. The molecule has 1 aliphatic rings. The second kappa shape index (κ2) is 4.84. The van der Waals surface area contributed by atoms with Crippen LogP contribution in [0, 0.1) is 5.82 Å². The number of carbonyl (C=O) groups excluding carboxylic acids is 1. The molecule has 1 atom stereocenters. The van der Waals surface area contributed by atoms with Crippen LogP contribution in [0.25, 0.3) is 0 Å². The van der Waals surface area contributed by atoms with E-state index in [9.17, 15) is 9.18 Å². The highest BCUT2D eigenvalue weighted by Crippen LogP contribution is 2.23. The monoisotopic (exact) mass is 349 g/mol. The third-order valence-corrected chi connectivity index (χ3v) is 3.98. The summed E-state index contributed by atoms with van der Waals surface area (Å²) >= 11 is 6.69. The van der Waals surface area contributed by atoms with Crippen LogP contribution >= 0.6 is 31.9 Å². The lowest BCUT2D eigenvalue weighted by molar-refractivity contribution is 0.0792. The number of carbonyl (C=O) groups is 1. The van der Waals surface area contributed by atoms with Crippen LogP contribution in [0.15, 0.2) is 22.7 Å². The van der Waals surface area contributed by atoms with Gasteiger partial charge >= 0.3 is 0 Å². The number of rotatable bonds is 1. The quantitative estimate of drug-likeness (QED) is 0.712. The summed E-state index contributed by atoms with van der Waals surface area (Å²) in [6, 6.07) is 4.14. The average molecular weight is 351 g/mol. The molecule has 5 heteroatoms. The maximum atomic E-state index is 12.9. The molecule has 2 nitrogen and oxygen atoms in total. The zero-order valence-corrected chi connectivity index (χ0v) is 11.6. The number of amides is 1. The summed E-state index contributed by atoms with van der Waals surface area (Å²) in [5, 5.41) is 0. The summed E-state index contributed by atoms with van der Waals surface area (Å²) in [5.74, 6) is -0.392. The van der Waals surface area contributed by atoms with Gasteiger partial charge in [0.05, 0.1) is 5.56 Å². The molecule has 0 N–H and O–H groups in total. The lowest BCUT2D eigenvalue weighted by atomic mass is 10.2. The first-order valence-corrected chi connectivity index (χ1v) is 6.67. The van der Waals surface area contributed by atoms with Gasteiger partial charge in [-0.25, -0.2) is 4.39 Å². The van der Waals surface area contributed by atoms with Crippen LogP contribution < -0.4 is 0 Å². The van der Waals surface area contributed by atoms with Gasteiger partial charge in [-0.05, 0) is 40.5 Å². The van der Waals surface area contributed by atoms with Gasteiger partial charge in [-0.15, -0.1) is 0 Å². The van der Waals surface area contributed by atoms with Crippen molar-refractivity contribution in [2.24, 2.45) is 0 Å². The lowest BCUT2D eigenvalue weighted by Crippen LogP contribution is -2.29. The highest BCUT2D eigenvalue weighted by atomic mass is 79.9. The molecule has 0 bridgehead atoms. The minimum Gasteiger partial charge on any atom is -0.337 e. The molecule has 0 saturated carbocycles. The smallest absolute Gasteiger partial charge is 0.255 e. The first kappa shape index (κ1) is 12.0. The highest BCUT2D eigenvalue weighted by Gasteiger charge is 2.26. The van der Waals surface area contributed by atoms with E-state index in [1.165, 1.54) is 18.2 Å². The number of hydrogen-bond donors (Lipinski definition) is 0. The first-order chi connectivity index (χ1) is 7.58. The Morgan fingerprint density at radius 1 is 1.50 bits per heavy atom. The molecule has 1 aliphatic heterocycles. The van der Waals surface area contributed by atoms with Crippen molar-refractivity contribution >= 4 is 37.8 Å². The van der Waals surface area contributed by atoms with Crippen molar-refractivity contribution in [3.05, 3.63) is 34.1 Å². The lowest BCUT2D eigenvalue weighted by Gasteiger charge is -2.16. The number of likely N-dealkylation sites (tertiary alicyclic amines) is 1. The van der Waals surface area contributed by atoms with E-state index in [-0.39, 0.29) is 11.7 Å². The Hall–Kier alpha value is -0.420. The fraction of sp³-hybridized carbons (Fsp3) is 0.364. The Labute approximate surface area is 110 Å². The molecule has 86 valence electrons. The van der Waals surface area contributed by atoms with Crippen LogP contribution in [-0.2, 0) is 0 Å². The number of nitrogens with zero attached hydrogens (tertiary/aromatic N) is 1. The molecular formula is C11H10Br2FNO. The van der Waals surface area contributed by atoms with Crippen LogP contribution in [0.3, 0.4) is 0 Å². The normalized spacial score (nSPS) is 20.2. The summed E-state index contributed by atoms with van der Waals surface area (Å²) in [4.78, 5) is 14.2. The molecule has 0 aliphatic carbocycles. The molecule has 1 fully saturated rings. The van der Waals surface area contributed by atoms with E-state index in [1.54, 1.807) is 4.90 Å². The molecule has 1 aromatic carbocycles. The summed E-state index contributed by atoms with van der Waals surface area (Å²) < 4.78 is 13.4. The Kier molecular flexibility index (Phi) is 3.64. The van der Waals surface area contributed by atoms with E-state index in [1.807, 2.05) is 0 Å². The maximum absolute atomic E-state index is 12.9. The minimum absolute atomic E-state index is 0.0474. The fourth-order valence-corrected chi connectivity index (χ4v) is 2.81. The zero-order chi connectivity index (χ0) is 11.7. The van der Waals surface area contributed by atoms with Gasteiger partial charge in [-0.2, -0.15) is 0 Å². The van der Waals surface area contributed by atoms with Crippen LogP contribution in [0.5, 0.6) is 0 Å². The Balaban J connectivity index is 2.21. The summed E-state index contributed by atoms with van der Waals surface area (Å²) in [5.41, 5.74) is 0.517. The Morgan fingerprint density at radius 3 is 2.81 bits per heavy atom. The number of halogens is 3. The number of benzene rings is 1. The first-order valence-electron chi connectivity index (χ1n) is 4.96. The molecule has 1 unspecified atom stereocenters. The number of hydrogen-bond acceptors (Lipinski definition) is 1. The molecule has 0 aromatic heterocycles. The van der Waals surface area contributed by atoms with Crippen LogP contribution in [0.2, 0.25) is 0 Å². The Bertz CT molecular complexity index is 424. The third kappa shape index (κ3) is 2.46.